The Morgan fingerprint density at radius 1 is 1.35 bits per heavy atom. The highest BCUT2D eigenvalue weighted by molar-refractivity contribution is 5.91. The van der Waals surface area contributed by atoms with Gasteiger partial charge in [0.05, 0.1) is 5.69 Å². The van der Waals surface area contributed by atoms with Gasteiger partial charge in [0.1, 0.15) is 5.69 Å². The lowest BCUT2D eigenvalue weighted by atomic mass is 10.4. The summed E-state index contributed by atoms with van der Waals surface area (Å²) in [7, 11) is 0. The van der Waals surface area contributed by atoms with Crippen molar-refractivity contribution in [1.29, 1.82) is 0 Å². The fourth-order valence-electron chi connectivity index (χ4n) is 2.16. The first-order valence-corrected chi connectivity index (χ1v) is 7.04. The molecular weight excluding hydrogens is 258 g/mol. The monoisotopic (exact) mass is 277 g/mol. The molecule has 108 valence electrons. The molecule has 0 aromatic carbocycles. The third-order valence-electron chi connectivity index (χ3n) is 3.64. The highest BCUT2D eigenvalue weighted by Crippen LogP contribution is 2.37. The first-order valence-electron chi connectivity index (χ1n) is 7.04. The van der Waals surface area contributed by atoms with Crippen molar-refractivity contribution >= 4 is 17.6 Å². The van der Waals surface area contributed by atoms with Crippen molar-refractivity contribution in [2.75, 3.05) is 18.9 Å². The molecule has 2 aliphatic carbocycles. The van der Waals surface area contributed by atoms with E-state index in [9.17, 15) is 9.59 Å². The SMILES string of the molecule is Nc1cc(C(=O)OCC(=O)NCC2CC2)n(C2CC2)c1. The van der Waals surface area contributed by atoms with Crippen LogP contribution in [-0.2, 0) is 9.53 Å². The van der Waals surface area contributed by atoms with Gasteiger partial charge in [-0.25, -0.2) is 4.79 Å². The van der Waals surface area contributed by atoms with Gasteiger partial charge >= 0.3 is 5.97 Å². The van der Waals surface area contributed by atoms with Crippen molar-refractivity contribution in [2.45, 2.75) is 31.7 Å². The van der Waals surface area contributed by atoms with Crippen molar-refractivity contribution in [3.8, 4) is 0 Å². The number of hydrogen-bond donors (Lipinski definition) is 2. The van der Waals surface area contributed by atoms with E-state index < -0.39 is 5.97 Å². The first kappa shape index (κ1) is 13.0. The topological polar surface area (TPSA) is 86.4 Å². The molecule has 20 heavy (non-hydrogen) atoms. The molecule has 3 rings (SSSR count). The molecule has 1 aromatic heterocycles. The van der Waals surface area contributed by atoms with E-state index in [1.165, 1.54) is 12.8 Å². The number of amides is 1. The number of nitrogens with one attached hydrogen (secondary N) is 1. The molecule has 2 fully saturated rings. The summed E-state index contributed by atoms with van der Waals surface area (Å²) in [6.45, 7) is 0.448. The quantitative estimate of drug-likeness (QED) is 0.762. The van der Waals surface area contributed by atoms with Gasteiger partial charge in [-0.05, 0) is 37.7 Å². The molecule has 6 heteroatoms. The Morgan fingerprint density at radius 3 is 2.75 bits per heavy atom. The average molecular weight is 277 g/mol. The maximum Gasteiger partial charge on any atom is 0.355 e. The zero-order valence-electron chi connectivity index (χ0n) is 11.3. The summed E-state index contributed by atoms with van der Waals surface area (Å²) in [6.07, 6.45) is 6.20. The lowest BCUT2D eigenvalue weighted by Crippen LogP contribution is -2.30. The molecule has 0 atom stereocenters. The fourth-order valence-corrected chi connectivity index (χ4v) is 2.16. The first-order chi connectivity index (χ1) is 9.63. The summed E-state index contributed by atoms with van der Waals surface area (Å²) in [5, 5.41) is 2.76. The van der Waals surface area contributed by atoms with Crippen molar-refractivity contribution in [1.82, 2.24) is 9.88 Å². The molecule has 1 heterocycles. The van der Waals surface area contributed by atoms with Gasteiger partial charge in [-0.1, -0.05) is 0 Å². The molecule has 0 bridgehead atoms. The smallest absolute Gasteiger partial charge is 0.355 e. The summed E-state index contributed by atoms with van der Waals surface area (Å²) >= 11 is 0. The van der Waals surface area contributed by atoms with E-state index in [4.69, 9.17) is 10.5 Å². The van der Waals surface area contributed by atoms with Crippen LogP contribution >= 0.6 is 0 Å². The number of carbonyl (C=O) groups excluding carboxylic acids is 2. The van der Waals surface area contributed by atoms with Crippen molar-refractivity contribution < 1.29 is 14.3 Å². The lowest BCUT2D eigenvalue weighted by molar-refractivity contribution is -0.124. The van der Waals surface area contributed by atoms with E-state index in [2.05, 4.69) is 5.32 Å². The maximum atomic E-state index is 12.0. The number of aromatic nitrogens is 1. The summed E-state index contributed by atoms with van der Waals surface area (Å²) in [6, 6.07) is 1.95. The van der Waals surface area contributed by atoms with Crippen LogP contribution in [-0.4, -0.2) is 29.6 Å². The lowest BCUT2D eigenvalue weighted by Gasteiger charge is -2.08. The van der Waals surface area contributed by atoms with Crippen LogP contribution in [0.3, 0.4) is 0 Å². The Bertz CT molecular complexity index is 530. The summed E-state index contributed by atoms with van der Waals surface area (Å²) in [5.74, 6) is -0.125. The van der Waals surface area contributed by atoms with Crippen LogP contribution in [0.4, 0.5) is 5.69 Å². The Labute approximate surface area is 117 Å². The minimum atomic E-state index is -0.491. The van der Waals surface area contributed by atoms with Crippen molar-refractivity contribution in [3.63, 3.8) is 0 Å². The number of carbonyl (C=O) groups is 2. The largest absolute Gasteiger partial charge is 0.451 e. The second kappa shape index (κ2) is 5.19. The second-order valence-electron chi connectivity index (χ2n) is 5.62. The normalized spacial score (nSPS) is 17.8. The number of anilines is 1. The van der Waals surface area contributed by atoms with E-state index in [1.54, 1.807) is 12.3 Å². The number of ether oxygens (including phenoxy) is 1. The predicted molar refractivity (Wildman–Crippen MR) is 73.1 cm³/mol. The van der Waals surface area contributed by atoms with E-state index in [-0.39, 0.29) is 12.5 Å². The van der Waals surface area contributed by atoms with Gasteiger partial charge in [0.2, 0.25) is 0 Å². The molecule has 0 spiro atoms. The van der Waals surface area contributed by atoms with E-state index in [0.717, 1.165) is 12.8 Å². The van der Waals surface area contributed by atoms with Crippen LogP contribution in [0.25, 0.3) is 0 Å². The van der Waals surface area contributed by atoms with Crippen LogP contribution in [0.1, 0.15) is 42.2 Å². The number of nitrogen functional groups attached to an aromatic ring is 1. The number of nitrogens with two attached hydrogens (primary N) is 1. The van der Waals surface area contributed by atoms with Gasteiger partial charge in [0.15, 0.2) is 6.61 Å². The van der Waals surface area contributed by atoms with Crippen LogP contribution < -0.4 is 11.1 Å². The highest BCUT2D eigenvalue weighted by Gasteiger charge is 2.28. The Hall–Kier alpha value is -1.98. The molecule has 6 nitrogen and oxygen atoms in total. The zero-order valence-corrected chi connectivity index (χ0v) is 11.3. The number of nitrogens with zero attached hydrogens (tertiary/aromatic N) is 1. The standard InChI is InChI=1S/C14H19N3O3/c15-10-5-12(17(7-10)11-3-4-11)14(19)20-8-13(18)16-6-9-1-2-9/h5,7,9,11H,1-4,6,8,15H2,(H,16,18). The number of esters is 1. The maximum absolute atomic E-state index is 12.0. The molecule has 1 aromatic rings. The van der Waals surface area contributed by atoms with Gasteiger partial charge in [0, 0.05) is 18.8 Å². The average Bonchev–Trinajstić information content (AvgIpc) is 3.32. The highest BCUT2D eigenvalue weighted by atomic mass is 16.5. The van der Waals surface area contributed by atoms with E-state index >= 15 is 0 Å². The molecule has 3 N–H and O–H groups in total. The zero-order chi connectivity index (χ0) is 14.1. The summed E-state index contributed by atoms with van der Waals surface area (Å²) < 4.78 is 6.89. The third kappa shape index (κ3) is 3.12. The van der Waals surface area contributed by atoms with Crippen molar-refractivity contribution in [2.24, 2.45) is 5.92 Å². The van der Waals surface area contributed by atoms with Crippen LogP contribution in [0.15, 0.2) is 12.3 Å². The van der Waals surface area contributed by atoms with Gasteiger partial charge in [0.25, 0.3) is 5.91 Å². The minimum absolute atomic E-state index is 0.235. The fraction of sp³-hybridized carbons (Fsp3) is 0.571. The van der Waals surface area contributed by atoms with Crippen LogP contribution in [0, 0.1) is 5.92 Å². The molecular formula is C14H19N3O3. The molecule has 0 unspecified atom stereocenters. The Kier molecular flexibility index (Phi) is 3.38. The van der Waals surface area contributed by atoms with Gasteiger partial charge in [-0.3, -0.25) is 4.79 Å². The van der Waals surface area contributed by atoms with Gasteiger partial charge in [-0.2, -0.15) is 0 Å². The Morgan fingerprint density at radius 2 is 2.10 bits per heavy atom. The van der Waals surface area contributed by atoms with Crippen LogP contribution in [0.5, 0.6) is 0 Å². The molecule has 0 aliphatic heterocycles. The molecule has 0 radical (unpaired) electrons. The molecule has 2 aliphatic rings. The molecule has 1 amide bonds. The van der Waals surface area contributed by atoms with Crippen LogP contribution in [0.2, 0.25) is 0 Å². The minimum Gasteiger partial charge on any atom is -0.451 e. The number of rotatable bonds is 6. The molecule has 2 saturated carbocycles. The van der Waals surface area contributed by atoms with Gasteiger partial charge in [-0.15, -0.1) is 0 Å². The third-order valence-corrected chi connectivity index (χ3v) is 3.64. The van der Waals surface area contributed by atoms with Gasteiger partial charge < -0.3 is 20.4 Å². The van der Waals surface area contributed by atoms with E-state index in [1.807, 2.05) is 4.57 Å². The second-order valence-corrected chi connectivity index (χ2v) is 5.62. The summed E-state index contributed by atoms with van der Waals surface area (Å²) in [5.41, 5.74) is 6.69. The predicted octanol–water partition coefficient (Wildman–Crippen LogP) is 1.09. The van der Waals surface area contributed by atoms with Crippen molar-refractivity contribution in [3.05, 3.63) is 18.0 Å². The number of hydrogen-bond acceptors (Lipinski definition) is 4. The summed E-state index contributed by atoms with van der Waals surface area (Å²) in [4.78, 5) is 23.5. The Balaban J connectivity index is 1.51. The van der Waals surface area contributed by atoms with E-state index in [0.29, 0.717) is 29.9 Å². The molecule has 0 saturated heterocycles.